The number of carbonyl (C=O) groups excluding carboxylic acids is 2. The third-order valence-corrected chi connectivity index (χ3v) is 5.08. The van der Waals surface area contributed by atoms with Gasteiger partial charge in [0, 0.05) is 43.9 Å². The van der Waals surface area contributed by atoms with Crippen molar-refractivity contribution in [2.45, 2.75) is 78.7 Å². The predicted octanol–water partition coefficient (Wildman–Crippen LogP) is 4.18. The van der Waals surface area contributed by atoms with E-state index >= 15 is 0 Å². The van der Waals surface area contributed by atoms with Gasteiger partial charge in [-0.05, 0) is 32.1 Å². The summed E-state index contributed by atoms with van der Waals surface area (Å²) in [6.07, 6.45) is 3.65. The van der Waals surface area contributed by atoms with Crippen LogP contribution in [0.15, 0.2) is 20.8 Å². The fraction of sp³-hybridized carbons (Fsp3) is 0.619. The summed E-state index contributed by atoms with van der Waals surface area (Å²) < 4.78 is 5.41. The molecule has 1 heterocycles. The van der Waals surface area contributed by atoms with Gasteiger partial charge in [-0.2, -0.15) is 0 Å². The first-order chi connectivity index (χ1) is 12.7. The van der Waals surface area contributed by atoms with Crippen LogP contribution in [0.3, 0.4) is 0 Å². The lowest BCUT2D eigenvalue weighted by Crippen LogP contribution is -2.26. The summed E-state index contributed by atoms with van der Waals surface area (Å²) in [5.74, 6) is 0.659. The van der Waals surface area contributed by atoms with E-state index in [-0.39, 0.29) is 35.2 Å². The molecular weight excluding hydrogens is 344 g/mol. The van der Waals surface area contributed by atoms with Gasteiger partial charge in [0.2, 0.25) is 0 Å². The smallest absolute Gasteiger partial charge is 0.168 e. The van der Waals surface area contributed by atoms with Crippen LogP contribution in [-0.2, 0) is 17.6 Å². The number of aliphatic hydroxyl groups excluding tert-OH is 1. The first-order valence-electron chi connectivity index (χ1n) is 9.71. The molecule has 0 atom stereocenters. The number of ketones is 2. The predicted molar refractivity (Wildman–Crippen MR) is 102 cm³/mol. The Morgan fingerprint density at radius 2 is 1.96 bits per heavy atom. The van der Waals surface area contributed by atoms with Gasteiger partial charge in [-0.3, -0.25) is 14.6 Å². The number of allylic oxidation sites excluding steroid dienone is 2. The molecule has 0 unspecified atom stereocenters. The standard InChI is InChI=1S/C21H28N2O4/c1-12(2)22-13-6-5-7-15(24)19(13)16(25)9-8-14-20-17(26)10-21(3,4)11-18(20)27-23-14/h12,25H,5-11H2,1-4H3/b19-16+,22-13?. The van der Waals surface area contributed by atoms with Crippen molar-refractivity contribution in [3.05, 3.63) is 28.3 Å². The lowest BCUT2D eigenvalue weighted by Gasteiger charge is -2.26. The Balaban J connectivity index is 1.82. The molecule has 6 nitrogen and oxygen atoms in total. The number of hydrogen-bond donors (Lipinski definition) is 1. The zero-order chi connectivity index (χ0) is 19.8. The van der Waals surface area contributed by atoms with E-state index in [1.807, 2.05) is 27.7 Å². The fourth-order valence-electron chi connectivity index (χ4n) is 3.95. The number of carbonyl (C=O) groups is 2. The normalized spacial score (nSPS) is 23.1. The summed E-state index contributed by atoms with van der Waals surface area (Å²) >= 11 is 0. The molecule has 0 saturated heterocycles. The van der Waals surface area contributed by atoms with Gasteiger partial charge in [-0.15, -0.1) is 0 Å². The maximum absolute atomic E-state index is 12.5. The number of aryl methyl sites for hydroxylation is 1. The summed E-state index contributed by atoms with van der Waals surface area (Å²) in [5.41, 5.74) is 2.07. The summed E-state index contributed by atoms with van der Waals surface area (Å²) in [4.78, 5) is 29.4. The van der Waals surface area contributed by atoms with Crippen LogP contribution in [-0.4, -0.2) is 33.6 Å². The SMILES string of the molecule is CC(C)N=C1CCCC(=O)/C1=C(/O)CCc1noc2c1C(=O)CC(C)(C)C2. The first-order valence-corrected chi connectivity index (χ1v) is 9.71. The number of rotatable bonds is 4. The number of fused-ring (bicyclic) bond motifs is 1. The molecule has 0 spiro atoms. The van der Waals surface area contributed by atoms with Gasteiger partial charge < -0.3 is 9.63 Å². The van der Waals surface area contributed by atoms with Crippen LogP contribution in [0.5, 0.6) is 0 Å². The Bertz CT molecular complexity index is 827. The second kappa shape index (κ2) is 7.41. The average molecular weight is 372 g/mol. The van der Waals surface area contributed by atoms with E-state index in [0.717, 1.165) is 6.42 Å². The molecule has 0 radical (unpaired) electrons. The van der Waals surface area contributed by atoms with Crippen molar-refractivity contribution in [3.8, 4) is 0 Å². The Morgan fingerprint density at radius 1 is 1.22 bits per heavy atom. The molecule has 1 aromatic heterocycles. The van der Waals surface area contributed by atoms with E-state index in [1.54, 1.807) is 0 Å². The number of hydrogen-bond acceptors (Lipinski definition) is 6. The van der Waals surface area contributed by atoms with Crippen molar-refractivity contribution in [3.63, 3.8) is 0 Å². The van der Waals surface area contributed by atoms with Crippen LogP contribution in [0.1, 0.15) is 81.6 Å². The van der Waals surface area contributed by atoms with Gasteiger partial charge in [0.15, 0.2) is 11.6 Å². The van der Waals surface area contributed by atoms with Crippen LogP contribution in [0.4, 0.5) is 0 Å². The summed E-state index contributed by atoms with van der Waals surface area (Å²) in [5, 5.41) is 14.7. The van der Waals surface area contributed by atoms with Gasteiger partial charge in [-0.25, -0.2) is 0 Å². The maximum Gasteiger partial charge on any atom is 0.168 e. The largest absolute Gasteiger partial charge is 0.511 e. The molecule has 146 valence electrons. The number of aliphatic imine (C=N–C) groups is 1. The van der Waals surface area contributed by atoms with Crippen molar-refractivity contribution in [2.24, 2.45) is 10.4 Å². The van der Waals surface area contributed by atoms with Gasteiger partial charge in [0.05, 0.1) is 16.8 Å². The highest BCUT2D eigenvalue weighted by Gasteiger charge is 2.36. The monoisotopic (exact) mass is 372 g/mol. The van der Waals surface area contributed by atoms with E-state index in [1.165, 1.54) is 0 Å². The fourth-order valence-corrected chi connectivity index (χ4v) is 3.95. The highest BCUT2D eigenvalue weighted by Crippen LogP contribution is 2.36. The molecule has 2 aliphatic carbocycles. The number of nitrogens with zero attached hydrogens (tertiary/aromatic N) is 2. The van der Waals surface area contributed by atoms with Crippen LogP contribution in [0.25, 0.3) is 0 Å². The average Bonchev–Trinajstić information content (AvgIpc) is 2.94. The van der Waals surface area contributed by atoms with Crippen LogP contribution >= 0.6 is 0 Å². The minimum absolute atomic E-state index is 0.0411. The van der Waals surface area contributed by atoms with Crippen LogP contribution < -0.4 is 0 Å². The van der Waals surface area contributed by atoms with Crippen molar-refractivity contribution in [1.29, 1.82) is 0 Å². The number of Topliss-reactive ketones (excluding diaryl/α,β-unsaturated/α-hetero) is 2. The second-order valence-corrected chi connectivity index (χ2v) is 8.64. The molecule has 0 bridgehead atoms. The van der Waals surface area contributed by atoms with Crippen molar-refractivity contribution < 1.29 is 19.2 Å². The molecule has 1 N–H and O–H groups in total. The van der Waals surface area contributed by atoms with E-state index in [2.05, 4.69) is 10.1 Å². The topological polar surface area (TPSA) is 92.8 Å². The third-order valence-electron chi connectivity index (χ3n) is 5.08. The molecule has 3 rings (SSSR count). The molecule has 0 aliphatic heterocycles. The summed E-state index contributed by atoms with van der Waals surface area (Å²) in [6, 6.07) is 0.0669. The zero-order valence-corrected chi connectivity index (χ0v) is 16.6. The highest BCUT2D eigenvalue weighted by molar-refractivity contribution is 6.24. The molecule has 27 heavy (non-hydrogen) atoms. The third kappa shape index (κ3) is 4.20. The Kier molecular flexibility index (Phi) is 5.36. The molecule has 2 aliphatic rings. The molecule has 1 aromatic rings. The van der Waals surface area contributed by atoms with Crippen LogP contribution in [0.2, 0.25) is 0 Å². The Labute approximate surface area is 159 Å². The molecule has 1 fully saturated rings. The van der Waals surface area contributed by atoms with E-state index in [4.69, 9.17) is 4.52 Å². The van der Waals surface area contributed by atoms with Gasteiger partial charge in [0.25, 0.3) is 0 Å². The van der Waals surface area contributed by atoms with Crippen LogP contribution in [0, 0.1) is 5.41 Å². The van der Waals surface area contributed by atoms with Gasteiger partial charge >= 0.3 is 0 Å². The second-order valence-electron chi connectivity index (χ2n) is 8.64. The van der Waals surface area contributed by atoms with Crippen molar-refractivity contribution in [1.82, 2.24) is 5.16 Å². The molecule has 1 saturated carbocycles. The first kappa shape index (κ1) is 19.5. The number of aromatic nitrogens is 1. The molecule has 6 heteroatoms. The van der Waals surface area contributed by atoms with E-state index < -0.39 is 0 Å². The van der Waals surface area contributed by atoms with E-state index in [9.17, 15) is 14.7 Å². The molecular formula is C21H28N2O4. The number of aliphatic hydroxyl groups is 1. The van der Waals surface area contributed by atoms with Crippen molar-refractivity contribution >= 4 is 17.3 Å². The zero-order valence-electron chi connectivity index (χ0n) is 16.6. The lowest BCUT2D eigenvalue weighted by atomic mass is 9.76. The summed E-state index contributed by atoms with van der Waals surface area (Å²) in [7, 11) is 0. The Hall–Kier alpha value is -2.24. The highest BCUT2D eigenvalue weighted by atomic mass is 16.5. The molecule has 0 aromatic carbocycles. The Morgan fingerprint density at radius 3 is 2.67 bits per heavy atom. The summed E-state index contributed by atoms with van der Waals surface area (Å²) in [6.45, 7) is 7.98. The molecule has 0 amide bonds. The van der Waals surface area contributed by atoms with E-state index in [0.29, 0.717) is 60.4 Å². The van der Waals surface area contributed by atoms with Crippen molar-refractivity contribution in [2.75, 3.05) is 0 Å². The lowest BCUT2D eigenvalue weighted by molar-refractivity contribution is -0.115. The minimum Gasteiger partial charge on any atom is -0.511 e. The van der Waals surface area contributed by atoms with Gasteiger partial charge in [-0.1, -0.05) is 19.0 Å². The maximum atomic E-state index is 12.5. The minimum atomic E-state index is -0.123. The van der Waals surface area contributed by atoms with Gasteiger partial charge in [0.1, 0.15) is 11.5 Å². The quantitative estimate of drug-likeness (QED) is 0.632.